The number of nitrogens with zero attached hydrogens (tertiary/aromatic N) is 2. The molecule has 0 atom stereocenters. The Morgan fingerprint density at radius 1 is 1.28 bits per heavy atom. The molecule has 1 amide bonds. The lowest BCUT2D eigenvalue weighted by molar-refractivity contribution is -0.116. The maximum atomic E-state index is 12.3. The van der Waals surface area contributed by atoms with Gasteiger partial charge in [0, 0.05) is 0 Å². The molecule has 25 heavy (non-hydrogen) atoms. The summed E-state index contributed by atoms with van der Waals surface area (Å²) in [6.45, 7) is 2.51. The Balaban J connectivity index is 1.90. The molecule has 0 unspecified atom stereocenters. The van der Waals surface area contributed by atoms with E-state index in [1.54, 1.807) is 24.3 Å². The van der Waals surface area contributed by atoms with Gasteiger partial charge >= 0.3 is 5.76 Å². The Bertz CT molecular complexity index is 1090. The number of hydrogen-bond donors (Lipinski definition) is 1. The molecule has 1 N–H and O–H groups in total. The maximum absolute atomic E-state index is 12.3. The number of nitriles is 1. The number of furan rings is 1. The fraction of sp³-hybridized carbons (Fsp3) is 0.176. The first kappa shape index (κ1) is 16.3. The molecule has 0 aliphatic rings. The van der Waals surface area contributed by atoms with Crippen LogP contribution < -0.4 is 11.1 Å². The van der Waals surface area contributed by atoms with E-state index < -0.39 is 11.7 Å². The summed E-state index contributed by atoms with van der Waals surface area (Å²) in [5.74, 6) is -1.47. The molecule has 126 valence electrons. The van der Waals surface area contributed by atoms with Crippen molar-refractivity contribution < 1.29 is 18.4 Å². The van der Waals surface area contributed by atoms with Crippen LogP contribution in [0, 0.1) is 18.3 Å². The van der Waals surface area contributed by atoms with Crippen LogP contribution in [-0.4, -0.2) is 16.3 Å². The molecule has 0 fully saturated rings. The van der Waals surface area contributed by atoms with Gasteiger partial charge in [0.05, 0.1) is 11.1 Å². The second-order valence-electron chi connectivity index (χ2n) is 5.38. The highest BCUT2D eigenvalue weighted by Crippen LogP contribution is 2.26. The zero-order valence-corrected chi connectivity index (χ0v) is 13.5. The van der Waals surface area contributed by atoms with Crippen LogP contribution in [0.15, 0.2) is 37.9 Å². The number of hydrogen-bond acceptors (Lipinski definition) is 6. The lowest BCUT2D eigenvalue weighted by atomic mass is 10.1. The van der Waals surface area contributed by atoms with Crippen LogP contribution >= 0.6 is 0 Å². The molecular formula is C17H13N3O5. The van der Waals surface area contributed by atoms with Crippen LogP contribution in [0.1, 0.15) is 28.6 Å². The van der Waals surface area contributed by atoms with Gasteiger partial charge in [-0.15, -0.1) is 0 Å². The lowest BCUT2D eigenvalue weighted by Crippen LogP contribution is -2.24. The molecule has 3 aromatic rings. The van der Waals surface area contributed by atoms with Crippen molar-refractivity contribution in [3.63, 3.8) is 0 Å². The topological polar surface area (TPSA) is 118 Å². The number of oxazole rings is 1. The van der Waals surface area contributed by atoms with E-state index in [2.05, 4.69) is 5.32 Å². The van der Waals surface area contributed by atoms with E-state index in [0.717, 1.165) is 0 Å². The number of rotatable bonds is 4. The van der Waals surface area contributed by atoms with E-state index in [-0.39, 0.29) is 35.1 Å². The van der Waals surface area contributed by atoms with E-state index in [0.29, 0.717) is 11.1 Å². The van der Waals surface area contributed by atoms with Crippen molar-refractivity contribution in [3.05, 3.63) is 51.7 Å². The van der Waals surface area contributed by atoms with Gasteiger partial charge in [0.15, 0.2) is 11.4 Å². The average molecular weight is 339 g/mol. The third-order valence-corrected chi connectivity index (χ3v) is 3.68. The van der Waals surface area contributed by atoms with Crippen LogP contribution in [0.3, 0.4) is 0 Å². The molecule has 0 saturated heterocycles. The summed E-state index contributed by atoms with van der Waals surface area (Å²) in [7, 11) is 0. The molecule has 0 aliphatic carbocycles. The number of carbonyl (C=O) groups is 2. The lowest BCUT2D eigenvalue weighted by Gasteiger charge is -2.03. The SMILES string of the molecule is CC(=O)c1c(C)oc(NC(=O)Cn2c(=O)oc3ccccc32)c1C#N. The first-order valence-electron chi connectivity index (χ1n) is 7.35. The van der Waals surface area contributed by atoms with Crippen LogP contribution in [0.4, 0.5) is 5.88 Å². The van der Waals surface area contributed by atoms with Crippen molar-refractivity contribution in [1.82, 2.24) is 4.57 Å². The minimum absolute atomic E-state index is 0.0391. The zero-order valence-electron chi connectivity index (χ0n) is 13.5. The molecule has 0 aliphatic heterocycles. The molecule has 0 saturated carbocycles. The van der Waals surface area contributed by atoms with Crippen molar-refractivity contribution >= 4 is 28.7 Å². The third kappa shape index (κ3) is 2.83. The Kier molecular flexibility index (Phi) is 3.99. The first-order chi connectivity index (χ1) is 11.9. The molecule has 1 aromatic carbocycles. The minimum Gasteiger partial charge on any atom is -0.443 e. The van der Waals surface area contributed by atoms with Crippen LogP contribution in [0.5, 0.6) is 0 Å². The van der Waals surface area contributed by atoms with Crippen LogP contribution in [0.25, 0.3) is 11.1 Å². The van der Waals surface area contributed by atoms with Crippen molar-refractivity contribution in [2.24, 2.45) is 0 Å². The molecular weight excluding hydrogens is 326 g/mol. The summed E-state index contributed by atoms with van der Waals surface area (Å²) in [4.78, 5) is 35.8. The second-order valence-corrected chi connectivity index (χ2v) is 5.38. The number of aryl methyl sites for hydroxylation is 1. The number of aromatic nitrogens is 1. The monoisotopic (exact) mass is 339 g/mol. The minimum atomic E-state index is -0.670. The van der Waals surface area contributed by atoms with E-state index >= 15 is 0 Å². The molecule has 0 radical (unpaired) electrons. The van der Waals surface area contributed by atoms with Gasteiger partial charge in [0.25, 0.3) is 0 Å². The summed E-state index contributed by atoms with van der Waals surface area (Å²) in [6, 6.07) is 8.56. The molecule has 2 aromatic heterocycles. The van der Waals surface area contributed by atoms with Gasteiger partial charge in [0.2, 0.25) is 11.8 Å². The number of nitrogens with one attached hydrogen (secondary N) is 1. The van der Waals surface area contributed by atoms with Crippen molar-refractivity contribution in [2.75, 3.05) is 5.32 Å². The molecule has 0 bridgehead atoms. The zero-order chi connectivity index (χ0) is 18.1. The van der Waals surface area contributed by atoms with Crippen molar-refractivity contribution in [3.8, 4) is 6.07 Å². The maximum Gasteiger partial charge on any atom is 0.420 e. The number of amides is 1. The summed E-state index contributed by atoms with van der Waals surface area (Å²) < 4.78 is 11.5. The normalized spacial score (nSPS) is 10.6. The fourth-order valence-corrected chi connectivity index (χ4v) is 2.64. The Labute approximate surface area is 141 Å². The van der Waals surface area contributed by atoms with Gasteiger partial charge in [-0.1, -0.05) is 12.1 Å². The summed E-state index contributed by atoms with van der Waals surface area (Å²) >= 11 is 0. The highest BCUT2D eigenvalue weighted by atomic mass is 16.4. The Morgan fingerprint density at radius 3 is 2.68 bits per heavy atom. The first-order valence-corrected chi connectivity index (χ1v) is 7.35. The fourth-order valence-electron chi connectivity index (χ4n) is 2.64. The number of carbonyl (C=O) groups excluding carboxylic acids is 2. The van der Waals surface area contributed by atoms with Gasteiger partial charge < -0.3 is 8.83 Å². The number of ketones is 1. The largest absolute Gasteiger partial charge is 0.443 e. The number of benzene rings is 1. The highest BCUT2D eigenvalue weighted by Gasteiger charge is 2.23. The number of para-hydroxylation sites is 2. The van der Waals surface area contributed by atoms with Gasteiger partial charge in [-0.2, -0.15) is 5.26 Å². The predicted molar refractivity (Wildman–Crippen MR) is 87.3 cm³/mol. The van der Waals surface area contributed by atoms with Crippen LogP contribution in [-0.2, 0) is 11.3 Å². The average Bonchev–Trinajstić information content (AvgIpc) is 3.04. The van der Waals surface area contributed by atoms with Crippen LogP contribution in [0.2, 0.25) is 0 Å². The number of anilines is 1. The molecule has 2 heterocycles. The van der Waals surface area contributed by atoms with Gasteiger partial charge in [-0.3, -0.25) is 19.5 Å². The number of Topliss-reactive ketones (excluding diaryl/α,β-unsaturated/α-hetero) is 1. The van der Waals surface area contributed by atoms with Crippen molar-refractivity contribution in [1.29, 1.82) is 5.26 Å². The quantitative estimate of drug-likeness (QED) is 0.728. The molecule has 3 rings (SSSR count). The Hall–Kier alpha value is -3.60. The Morgan fingerprint density at radius 2 is 2.00 bits per heavy atom. The van der Waals surface area contributed by atoms with Crippen molar-refractivity contribution in [2.45, 2.75) is 20.4 Å². The van der Waals surface area contributed by atoms with E-state index in [4.69, 9.17) is 8.83 Å². The van der Waals surface area contributed by atoms with E-state index in [9.17, 15) is 19.6 Å². The summed E-state index contributed by atoms with van der Waals surface area (Å²) in [5, 5.41) is 11.7. The summed E-state index contributed by atoms with van der Waals surface area (Å²) in [5.41, 5.74) is 0.931. The summed E-state index contributed by atoms with van der Waals surface area (Å²) in [6.07, 6.45) is 0. The van der Waals surface area contributed by atoms with E-state index in [1.165, 1.54) is 18.4 Å². The molecule has 8 nitrogen and oxygen atoms in total. The van der Waals surface area contributed by atoms with E-state index in [1.807, 2.05) is 6.07 Å². The van der Waals surface area contributed by atoms with Gasteiger partial charge in [-0.05, 0) is 26.0 Å². The van der Waals surface area contributed by atoms with Gasteiger partial charge in [0.1, 0.15) is 23.9 Å². The standard InChI is InChI=1S/C17H13N3O5/c1-9(21)15-10(2)24-16(11(15)7-18)19-14(22)8-20-12-5-3-4-6-13(12)25-17(20)23/h3-6H,8H2,1-2H3,(H,19,22). The smallest absolute Gasteiger partial charge is 0.420 e. The predicted octanol–water partition coefficient (Wildman–Crippen LogP) is 2.21. The number of fused-ring (bicyclic) bond motifs is 1. The third-order valence-electron chi connectivity index (χ3n) is 3.68. The highest BCUT2D eigenvalue weighted by molar-refractivity contribution is 6.01. The molecule has 8 heteroatoms. The second kappa shape index (κ2) is 6.13. The molecule has 0 spiro atoms. The van der Waals surface area contributed by atoms with Gasteiger partial charge in [-0.25, -0.2) is 4.79 Å².